The van der Waals surface area contributed by atoms with E-state index in [1.165, 1.54) is 12.3 Å². The van der Waals surface area contributed by atoms with Gasteiger partial charge in [0.05, 0.1) is 11.2 Å². The first kappa shape index (κ1) is 22.7. The third-order valence-electron chi connectivity index (χ3n) is 4.58. The van der Waals surface area contributed by atoms with Crippen molar-refractivity contribution in [3.05, 3.63) is 54.0 Å². The Bertz CT molecular complexity index is 903. The lowest BCUT2D eigenvalue weighted by atomic mass is 10.0. The molecule has 0 bridgehead atoms. The normalized spacial score (nSPS) is 12.6. The average molecular weight is 421 g/mol. The van der Waals surface area contributed by atoms with E-state index in [2.05, 4.69) is 10.6 Å². The predicted octanol–water partition coefficient (Wildman–Crippen LogP) is 2.95. The topological polar surface area (TPSA) is 105 Å². The zero-order chi connectivity index (χ0) is 21.4. The Morgan fingerprint density at radius 3 is 2.24 bits per heavy atom. The zero-order valence-corrected chi connectivity index (χ0v) is 17.8. The van der Waals surface area contributed by atoms with Crippen LogP contribution < -0.4 is 10.6 Å². The molecule has 1 aromatic heterocycles. The van der Waals surface area contributed by atoms with E-state index in [-0.39, 0.29) is 23.1 Å². The van der Waals surface area contributed by atoms with Gasteiger partial charge in [0.2, 0.25) is 0 Å². The minimum absolute atomic E-state index is 0.130. The van der Waals surface area contributed by atoms with Gasteiger partial charge in [-0.1, -0.05) is 39.3 Å². The smallest absolute Gasteiger partial charge is 0.309 e. The number of nitrogens with one attached hydrogen (secondary N) is 2. The Kier molecular flexibility index (Phi) is 8.01. The second kappa shape index (κ2) is 10.2. The van der Waals surface area contributed by atoms with Crippen LogP contribution in [0.25, 0.3) is 0 Å². The van der Waals surface area contributed by atoms with Crippen molar-refractivity contribution in [1.29, 1.82) is 0 Å². The highest BCUT2D eigenvalue weighted by atomic mass is 32.2. The number of hydrogen-bond acceptors (Lipinski definition) is 5. The fourth-order valence-corrected chi connectivity index (χ4v) is 4.36. The van der Waals surface area contributed by atoms with E-state index in [4.69, 9.17) is 4.42 Å². The SMILES string of the molecule is CCCCNC(=O)C(=O)NC[C@H](c1ccco1)S(=O)(=O)c1ccc(C(C)C)cc1. The quantitative estimate of drug-likeness (QED) is 0.479. The number of sulfone groups is 1. The van der Waals surface area contributed by atoms with Gasteiger partial charge in [-0.05, 0) is 42.2 Å². The van der Waals surface area contributed by atoms with Crippen LogP contribution in [-0.4, -0.2) is 33.3 Å². The van der Waals surface area contributed by atoms with E-state index < -0.39 is 26.9 Å². The van der Waals surface area contributed by atoms with Crippen molar-refractivity contribution in [2.75, 3.05) is 13.1 Å². The van der Waals surface area contributed by atoms with E-state index in [9.17, 15) is 18.0 Å². The van der Waals surface area contributed by atoms with E-state index in [1.807, 2.05) is 20.8 Å². The Balaban J connectivity index is 2.18. The standard InChI is InChI=1S/C21H28N2O5S/c1-4-5-12-22-20(24)21(25)23-14-19(18-7-6-13-28-18)29(26,27)17-10-8-16(9-11-17)15(2)3/h6-11,13,15,19H,4-5,12,14H2,1-3H3,(H,22,24)(H,23,25)/t19-/m1/s1. The monoisotopic (exact) mass is 420 g/mol. The van der Waals surface area contributed by atoms with Crippen LogP contribution >= 0.6 is 0 Å². The molecule has 0 aliphatic rings. The number of benzene rings is 1. The molecule has 0 radical (unpaired) electrons. The average Bonchev–Trinajstić information content (AvgIpc) is 3.22. The van der Waals surface area contributed by atoms with Crippen molar-refractivity contribution in [3.8, 4) is 0 Å². The molecule has 1 aromatic carbocycles. The van der Waals surface area contributed by atoms with E-state index in [1.54, 1.807) is 30.3 Å². The van der Waals surface area contributed by atoms with E-state index >= 15 is 0 Å². The maximum absolute atomic E-state index is 13.2. The highest BCUT2D eigenvalue weighted by Gasteiger charge is 2.32. The number of carbonyl (C=O) groups excluding carboxylic acids is 2. The summed E-state index contributed by atoms with van der Waals surface area (Å²) in [6.45, 7) is 6.14. The van der Waals surface area contributed by atoms with Crippen LogP contribution in [0, 0.1) is 0 Å². The molecule has 158 valence electrons. The molecule has 0 aliphatic heterocycles. The first-order valence-electron chi connectivity index (χ1n) is 9.70. The van der Waals surface area contributed by atoms with Gasteiger partial charge >= 0.3 is 11.8 Å². The second-order valence-corrected chi connectivity index (χ2v) is 9.22. The summed E-state index contributed by atoms with van der Waals surface area (Å²) in [5.74, 6) is -1.18. The van der Waals surface area contributed by atoms with Crippen molar-refractivity contribution in [2.45, 2.75) is 49.7 Å². The van der Waals surface area contributed by atoms with Crippen molar-refractivity contribution < 1.29 is 22.4 Å². The minimum atomic E-state index is -3.85. The summed E-state index contributed by atoms with van der Waals surface area (Å²) in [6.07, 6.45) is 3.02. The highest BCUT2D eigenvalue weighted by molar-refractivity contribution is 7.91. The van der Waals surface area contributed by atoms with Gasteiger partial charge in [-0.25, -0.2) is 8.42 Å². The van der Waals surface area contributed by atoms with Crippen LogP contribution in [0.5, 0.6) is 0 Å². The molecule has 1 heterocycles. The molecule has 8 heteroatoms. The van der Waals surface area contributed by atoms with Crippen LogP contribution in [-0.2, 0) is 19.4 Å². The first-order chi connectivity index (χ1) is 13.8. The zero-order valence-electron chi connectivity index (χ0n) is 17.0. The molecule has 2 N–H and O–H groups in total. The molecule has 0 saturated heterocycles. The lowest BCUT2D eigenvalue weighted by Crippen LogP contribution is -2.42. The number of furan rings is 1. The van der Waals surface area contributed by atoms with Gasteiger partial charge in [-0.3, -0.25) is 9.59 Å². The number of amides is 2. The first-order valence-corrected chi connectivity index (χ1v) is 11.2. The Morgan fingerprint density at radius 2 is 1.69 bits per heavy atom. The van der Waals surface area contributed by atoms with Crippen LogP contribution in [0.2, 0.25) is 0 Å². The molecule has 0 aliphatic carbocycles. The highest BCUT2D eigenvalue weighted by Crippen LogP contribution is 2.29. The van der Waals surface area contributed by atoms with Gasteiger partial charge < -0.3 is 15.1 Å². The number of unbranched alkanes of at least 4 members (excludes halogenated alkanes) is 1. The molecular weight excluding hydrogens is 392 g/mol. The predicted molar refractivity (Wildman–Crippen MR) is 110 cm³/mol. The van der Waals surface area contributed by atoms with Crippen molar-refractivity contribution >= 4 is 21.7 Å². The Labute approximate surface area is 171 Å². The van der Waals surface area contributed by atoms with E-state index in [0.29, 0.717) is 6.54 Å². The lowest BCUT2D eigenvalue weighted by Gasteiger charge is -2.17. The molecule has 0 spiro atoms. The molecule has 2 aromatic rings. The number of rotatable bonds is 9. The summed E-state index contributed by atoms with van der Waals surface area (Å²) in [4.78, 5) is 24.0. The van der Waals surface area contributed by atoms with Crippen LogP contribution in [0.3, 0.4) is 0 Å². The number of hydrogen-bond donors (Lipinski definition) is 2. The maximum atomic E-state index is 13.2. The summed E-state index contributed by atoms with van der Waals surface area (Å²) in [7, 11) is -3.85. The van der Waals surface area contributed by atoms with Crippen LogP contribution in [0.4, 0.5) is 0 Å². The molecular formula is C21H28N2O5S. The van der Waals surface area contributed by atoms with Gasteiger partial charge in [0.25, 0.3) is 0 Å². The molecule has 2 amide bonds. The second-order valence-electron chi connectivity index (χ2n) is 7.09. The van der Waals surface area contributed by atoms with Crippen LogP contribution in [0.1, 0.15) is 56.1 Å². The summed E-state index contributed by atoms with van der Waals surface area (Å²) in [6, 6.07) is 9.78. The molecule has 2 rings (SSSR count). The summed E-state index contributed by atoms with van der Waals surface area (Å²) < 4.78 is 31.7. The summed E-state index contributed by atoms with van der Waals surface area (Å²) in [5, 5.41) is 3.77. The van der Waals surface area contributed by atoms with Gasteiger partial charge in [0.15, 0.2) is 9.84 Å². The fourth-order valence-electron chi connectivity index (χ4n) is 2.77. The van der Waals surface area contributed by atoms with Crippen LogP contribution in [0.15, 0.2) is 52.0 Å². The molecule has 0 saturated carbocycles. The molecule has 7 nitrogen and oxygen atoms in total. The molecule has 0 unspecified atom stereocenters. The number of carbonyl (C=O) groups is 2. The third kappa shape index (κ3) is 5.93. The van der Waals surface area contributed by atoms with Gasteiger partial charge in [0, 0.05) is 13.1 Å². The van der Waals surface area contributed by atoms with Gasteiger partial charge in [0.1, 0.15) is 11.0 Å². The van der Waals surface area contributed by atoms with Crippen molar-refractivity contribution in [1.82, 2.24) is 10.6 Å². The Morgan fingerprint density at radius 1 is 1.03 bits per heavy atom. The molecule has 1 atom stereocenters. The van der Waals surface area contributed by atoms with Crippen molar-refractivity contribution in [3.63, 3.8) is 0 Å². The third-order valence-corrected chi connectivity index (χ3v) is 6.66. The Hall–Kier alpha value is -2.61. The summed E-state index contributed by atoms with van der Waals surface area (Å²) >= 11 is 0. The minimum Gasteiger partial charge on any atom is -0.468 e. The van der Waals surface area contributed by atoms with E-state index in [0.717, 1.165) is 18.4 Å². The fraction of sp³-hybridized carbons (Fsp3) is 0.429. The van der Waals surface area contributed by atoms with Gasteiger partial charge in [-0.15, -0.1) is 0 Å². The maximum Gasteiger partial charge on any atom is 0.309 e. The molecule has 0 fully saturated rings. The lowest BCUT2D eigenvalue weighted by molar-refractivity contribution is -0.139. The van der Waals surface area contributed by atoms with Gasteiger partial charge in [-0.2, -0.15) is 0 Å². The molecule has 29 heavy (non-hydrogen) atoms. The van der Waals surface area contributed by atoms with Crippen molar-refractivity contribution in [2.24, 2.45) is 0 Å². The largest absolute Gasteiger partial charge is 0.468 e. The summed E-state index contributed by atoms with van der Waals surface area (Å²) in [5.41, 5.74) is 1.02.